The Labute approximate surface area is 92.2 Å². The lowest BCUT2D eigenvalue weighted by molar-refractivity contribution is 0.0572. The van der Waals surface area contributed by atoms with Crippen molar-refractivity contribution in [3.63, 3.8) is 0 Å². The molecule has 0 aliphatic carbocycles. The first-order chi connectivity index (χ1) is 7.61. The second-order valence-corrected chi connectivity index (χ2v) is 3.82. The molecular weight excluding hydrogens is 211 g/mol. The minimum atomic E-state index is -0.807. The molecule has 0 amide bonds. The van der Waals surface area contributed by atoms with E-state index < -0.39 is 18.0 Å². The van der Waals surface area contributed by atoms with Crippen LogP contribution in [-0.4, -0.2) is 35.5 Å². The number of anilines is 1. The predicted octanol–water partition coefficient (Wildman–Crippen LogP) is 0.239. The highest BCUT2D eigenvalue weighted by Gasteiger charge is 2.29. The van der Waals surface area contributed by atoms with Crippen molar-refractivity contribution in [2.45, 2.75) is 12.2 Å². The van der Waals surface area contributed by atoms with E-state index in [-0.39, 0.29) is 18.7 Å². The Morgan fingerprint density at radius 3 is 2.44 bits per heavy atom. The fourth-order valence-corrected chi connectivity index (χ4v) is 1.77. The molecule has 2 rings (SSSR count). The van der Waals surface area contributed by atoms with E-state index >= 15 is 0 Å². The first kappa shape index (κ1) is 10.9. The number of nitriles is 1. The highest BCUT2D eigenvalue weighted by molar-refractivity contribution is 5.51. The second-order valence-electron chi connectivity index (χ2n) is 3.82. The number of β-amino-alcohol motifs (C(OH)–C–C–N with tert-alkyl or cyclic N) is 2. The third-order valence-corrected chi connectivity index (χ3v) is 2.70. The fourth-order valence-electron chi connectivity index (χ4n) is 1.77. The monoisotopic (exact) mass is 222 g/mol. The summed E-state index contributed by atoms with van der Waals surface area (Å²) in [6.45, 7) is 0.541. The van der Waals surface area contributed by atoms with Crippen LogP contribution < -0.4 is 4.90 Å². The van der Waals surface area contributed by atoms with Crippen LogP contribution in [0.4, 0.5) is 10.1 Å². The Morgan fingerprint density at radius 1 is 1.31 bits per heavy atom. The van der Waals surface area contributed by atoms with Gasteiger partial charge < -0.3 is 15.1 Å². The van der Waals surface area contributed by atoms with Crippen molar-refractivity contribution in [1.82, 2.24) is 0 Å². The quantitative estimate of drug-likeness (QED) is 0.714. The number of rotatable bonds is 1. The average Bonchev–Trinajstić information content (AvgIpc) is 2.59. The summed E-state index contributed by atoms with van der Waals surface area (Å²) in [4.78, 5) is 1.68. The van der Waals surface area contributed by atoms with Gasteiger partial charge in [0.05, 0.1) is 17.8 Å². The van der Waals surface area contributed by atoms with Gasteiger partial charge in [-0.15, -0.1) is 0 Å². The number of aliphatic hydroxyl groups is 2. The maximum atomic E-state index is 13.3. The molecule has 5 heteroatoms. The van der Waals surface area contributed by atoms with E-state index in [1.165, 1.54) is 12.1 Å². The number of hydrogen-bond acceptors (Lipinski definition) is 4. The predicted molar refractivity (Wildman–Crippen MR) is 55.3 cm³/mol. The maximum absolute atomic E-state index is 13.3. The molecular formula is C11H11FN2O2. The van der Waals surface area contributed by atoms with Crippen LogP contribution in [-0.2, 0) is 0 Å². The average molecular weight is 222 g/mol. The molecule has 2 N–H and O–H groups in total. The summed E-state index contributed by atoms with van der Waals surface area (Å²) >= 11 is 0. The van der Waals surface area contributed by atoms with E-state index in [9.17, 15) is 14.6 Å². The fraction of sp³-hybridized carbons (Fsp3) is 0.364. The molecule has 1 saturated heterocycles. The van der Waals surface area contributed by atoms with Crippen molar-refractivity contribution in [2.75, 3.05) is 18.0 Å². The van der Waals surface area contributed by atoms with Crippen molar-refractivity contribution in [3.8, 4) is 6.07 Å². The van der Waals surface area contributed by atoms with Gasteiger partial charge in [0.2, 0.25) is 0 Å². The largest absolute Gasteiger partial charge is 0.389 e. The van der Waals surface area contributed by atoms with E-state index in [4.69, 9.17) is 5.26 Å². The maximum Gasteiger partial charge on any atom is 0.143 e. The van der Waals surface area contributed by atoms with Gasteiger partial charge in [0.25, 0.3) is 0 Å². The van der Waals surface area contributed by atoms with Gasteiger partial charge >= 0.3 is 0 Å². The summed E-state index contributed by atoms with van der Waals surface area (Å²) in [7, 11) is 0. The van der Waals surface area contributed by atoms with Crippen molar-refractivity contribution in [3.05, 3.63) is 29.6 Å². The summed E-state index contributed by atoms with van der Waals surface area (Å²) in [5.74, 6) is -0.587. The summed E-state index contributed by atoms with van der Waals surface area (Å²) in [5, 5.41) is 27.3. The van der Waals surface area contributed by atoms with Crippen molar-refractivity contribution in [2.24, 2.45) is 0 Å². The lowest BCUT2D eigenvalue weighted by atomic mass is 10.2. The normalized spacial score (nSPS) is 24.5. The highest BCUT2D eigenvalue weighted by Crippen LogP contribution is 2.22. The zero-order valence-corrected chi connectivity index (χ0v) is 8.47. The van der Waals surface area contributed by atoms with Gasteiger partial charge in [-0.2, -0.15) is 5.26 Å². The Hall–Kier alpha value is -1.64. The molecule has 0 saturated carbocycles. The molecule has 16 heavy (non-hydrogen) atoms. The molecule has 0 radical (unpaired) electrons. The van der Waals surface area contributed by atoms with E-state index in [1.807, 2.05) is 0 Å². The van der Waals surface area contributed by atoms with Crippen LogP contribution in [0.15, 0.2) is 18.2 Å². The zero-order chi connectivity index (χ0) is 11.7. The van der Waals surface area contributed by atoms with E-state index in [2.05, 4.69) is 0 Å². The van der Waals surface area contributed by atoms with Crippen LogP contribution >= 0.6 is 0 Å². The Bertz CT molecular complexity index is 434. The minimum Gasteiger partial charge on any atom is -0.389 e. The third kappa shape index (κ3) is 1.85. The number of nitrogens with zero attached hydrogens (tertiary/aromatic N) is 2. The first-order valence-corrected chi connectivity index (χ1v) is 4.92. The van der Waals surface area contributed by atoms with Gasteiger partial charge in [-0.1, -0.05) is 0 Å². The zero-order valence-electron chi connectivity index (χ0n) is 8.47. The van der Waals surface area contributed by atoms with Crippen molar-refractivity contribution in [1.29, 1.82) is 5.26 Å². The van der Waals surface area contributed by atoms with Crippen LogP contribution in [0.3, 0.4) is 0 Å². The first-order valence-electron chi connectivity index (χ1n) is 4.92. The molecule has 0 spiro atoms. The standard InChI is InChI=1S/C11H11FN2O2/c12-9-3-8(2-1-7(9)4-13)14-5-10(15)11(16)6-14/h1-3,10-11,15-16H,5-6H2. The highest BCUT2D eigenvalue weighted by atomic mass is 19.1. The Balaban J connectivity index is 2.23. The number of benzene rings is 1. The molecule has 1 aliphatic rings. The third-order valence-electron chi connectivity index (χ3n) is 2.70. The lowest BCUT2D eigenvalue weighted by Crippen LogP contribution is -2.22. The van der Waals surface area contributed by atoms with Gasteiger partial charge in [-0.3, -0.25) is 0 Å². The lowest BCUT2D eigenvalue weighted by Gasteiger charge is -2.17. The van der Waals surface area contributed by atoms with Gasteiger partial charge in [-0.05, 0) is 18.2 Å². The summed E-state index contributed by atoms with van der Waals surface area (Å²) in [6.07, 6.45) is -1.61. The summed E-state index contributed by atoms with van der Waals surface area (Å²) in [5.41, 5.74) is 0.552. The van der Waals surface area contributed by atoms with Gasteiger partial charge in [0, 0.05) is 18.8 Å². The second kappa shape index (κ2) is 4.08. The molecule has 2 atom stereocenters. The number of aliphatic hydroxyl groups excluding tert-OH is 2. The van der Waals surface area contributed by atoms with E-state index in [0.29, 0.717) is 5.69 Å². The van der Waals surface area contributed by atoms with Crippen LogP contribution in [0.2, 0.25) is 0 Å². The molecule has 4 nitrogen and oxygen atoms in total. The van der Waals surface area contributed by atoms with Crippen molar-refractivity contribution < 1.29 is 14.6 Å². The smallest absolute Gasteiger partial charge is 0.143 e. The molecule has 0 aromatic heterocycles. The van der Waals surface area contributed by atoms with Crippen LogP contribution in [0.1, 0.15) is 5.56 Å². The SMILES string of the molecule is N#Cc1ccc(N2CC(O)C(O)C2)cc1F. The van der Waals surface area contributed by atoms with Crippen LogP contribution in [0.25, 0.3) is 0 Å². The molecule has 2 unspecified atom stereocenters. The molecule has 84 valence electrons. The summed E-state index contributed by atoms with van der Waals surface area (Å²) in [6, 6.07) is 5.97. The molecule has 1 aromatic rings. The molecule has 1 aliphatic heterocycles. The summed E-state index contributed by atoms with van der Waals surface area (Å²) < 4.78 is 13.3. The minimum absolute atomic E-state index is 0.0101. The van der Waals surface area contributed by atoms with Crippen LogP contribution in [0, 0.1) is 17.1 Å². The van der Waals surface area contributed by atoms with Gasteiger partial charge in [0.1, 0.15) is 11.9 Å². The van der Waals surface area contributed by atoms with E-state index in [0.717, 1.165) is 0 Å². The topological polar surface area (TPSA) is 67.5 Å². The molecule has 1 fully saturated rings. The van der Waals surface area contributed by atoms with Gasteiger partial charge in [-0.25, -0.2) is 4.39 Å². The Kier molecular flexibility index (Phi) is 2.77. The molecule has 1 aromatic carbocycles. The van der Waals surface area contributed by atoms with Crippen LogP contribution in [0.5, 0.6) is 0 Å². The number of hydrogen-bond donors (Lipinski definition) is 2. The Morgan fingerprint density at radius 2 is 1.94 bits per heavy atom. The number of halogens is 1. The van der Waals surface area contributed by atoms with Gasteiger partial charge in [0.15, 0.2) is 0 Å². The van der Waals surface area contributed by atoms with Crippen molar-refractivity contribution >= 4 is 5.69 Å². The molecule has 1 heterocycles. The molecule has 0 bridgehead atoms. The van der Waals surface area contributed by atoms with E-state index in [1.54, 1.807) is 17.0 Å².